The van der Waals surface area contributed by atoms with Crippen LogP contribution in [-0.4, -0.2) is 28.7 Å². The second-order valence-corrected chi connectivity index (χ2v) is 6.82. The molecule has 7 nitrogen and oxygen atoms in total. The van der Waals surface area contributed by atoms with Gasteiger partial charge in [0.2, 0.25) is 11.8 Å². The SMILES string of the molecule is CC(=O)N1C=Cc2ccccc2[C@@H]1CC(=O)NNC(=O)[C@H](C)Oc1ccccc1F. The van der Waals surface area contributed by atoms with Crippen LogP contribution < -0.4 is 15.6 Å². The number of para-hydroxylation sites is 1. The molecule has 1 aliphatic heterocycles. The number of carbonyl (C=O) groups excluding carboxylic acids is 3. The van der Waals surface area contributed by atoms with E-state index in [4.69, 9.17) is 4.74 Å². The van der Waals surface area contributed by atoms with Crippen molar-refractivity contribution in [3.63, 3.8) is 0 Å². The fourth-order valence-electron chi connectivity index (χ4n) is 3.16. The lowest BCUT2D eigenvalue weighted by Gasteiger charge is -2.32. The zero-order valence-corrected chi connectivity index (χ0v) is 16.6. The summed E-state index contributed by atoms with van der Waals surface area (Å²) in [5.41, 5.74) is 6.36. The Morgan fingerprint density at radius 2 is 1.80 bits per heavy atom. The number of hydrogen-bond acceptors (Lipinski definition) is 4. The van der Waals surface area contributed by atoms with Crippen LogP contribution in [-0.2, 0) is 14.4 Å². The van der Waals surface area contributed by atoms with E-state index in [0.29, 0.717) is 0 Å². The van der Waals surface area contributed by atoms with E-state index in [1.54, 1.807) is 12.3 Å². The number of rotatable bonds is 5. The third-order valence-electron chi connectivity index (χ3n) is 4.68. The van der Waals surface area contributed by atoms with Gasteiger partial charge in [-0.1, -0.05) is 36.4 Å². The van der Waals surface area contributed by atoms with Crippen molar-refractivity contribution < 1.29 is 23.5 Å². The highest BCUT2D eigenvalue weighted by molar-refractivity contribution is 5.86. The maximum atomic E-state index is 13.6. The Kier molecular flexibility index (Phi) is 6.46. The smallest absolute Gasteiger partial charge is 0.279 e. The Hall–Kier alpha value is -3.68. The number of amides is 3. The monoisotopic (exact) mass is 411 g/mol. The van der Waals surface area contributed by atoms with Gasteiger partial charge in [-0.05, 0) is 36.3 Å². The van der Waals surface area contributed by atoms with Crippen LogP contribution in [0.5, 0.6) is 5.75 Å². The van der Waals surface area contributed by atoms with Gasteiger partial charge in [-0.3, -0.25) is 25.2 Å². The van der Waals surface area contributed by atoms with Gasteiger partial charge >= 0.3 is 0 Å². The number of benzene rings is 2. The number of ether oxygens (including phenoxy) is 1. The number of nitrogens with one attached hydrogen (secondary N) is 2. The molecule has 2 N–H and O–H groups in total. The highest BCUT2D eigenvalue weighted by Gasteiger charge is 2.28. The largest absolute Gasteiger partial charge is 0.478 e. The van der Waals surface area contributed by atoms with Crippen molar-refractivity contribution in [2.75, 3.05) is 0 Å². The number of hydrazine groups is 1. The fraction of sp³-hybridized carbons (Fsp3) is 0.227. The number of carbonyl (C=O) groups is 3. The van der Waals surface area contributed by atoms with Crippen molar-refractivity contribution in [1.82, 2.24) is 15.8 Å². The molecular formula is C22H22FN3O4. The first-order chi connectivity index (χ1) is 14.4. The number of fused-ring (bicyclic) bond motifs is 1. The van der Waals surface area contributed by atoms with Crippen LogP contribution in [0.25, 0.3) is 6.08 Å². The van der Waals surface area contributed by atoms with Crippen LogP contribution in [0.3, 0.4) is 0 Å². The van der Waals surface area contributed by atoms with Gasteiger partial charge in [0.05, 0.1) is 12.5 Å². The molecule has 0 saturated carbocycles. The Labute approximate surface area is 173 Å². The van der Waals surface area contributed by atoms with E-state index in [-0.39, 0.29) is 18.1 Å². The lowest BCUT2D eigenvalue weighted by molar-refractivity contribution is -0.134. The van der Waals surface area contributed by atoms with Gasteiger partial charge in [-0.2, -0.15) is 0 Å². The third-order valence-corrected chi connectivity index (χ3v) is 4.68. The molecule has 156 valence electrons. The van der Waals surface area contributed by atoms with Gasteiger partial charge in [0.25, 0.3) is 5.91 Å². The minimum atomic E-state index is -1.03. The molecule has 2 aromatic rings. The summed E-state index contributed by atoms with van der Waals surface area (Å²) in [5, 5.41) is 0. The summed E-state index contributed by atoms with van der Waals surface area (Å²) in [5.74, 6) is -1.97. The van der Waals surface area contributed by atoms with Crippen molar-refractivity contribution in [2.45, 2.75) is 32.4 Å². The second kappa shape index (κ2) is 9.21. The molecule has 0 aliphatic carbocycles. The van der Waals surface area contributed by atoms with E-state index in [1.807, 2.05) is 30.3 Å². The molecule has 3 amide bonds. The van der Waals surface area contributed by atoms with Gasteiger partial charge in [-0.15, -0.1) is 0 Å². The molecule has 0 bridgehead atoms. The second-order valence-electron chi connectivity index (χ2n) is 6.82. The Balaban J connectivity index is 1.59. The molecule has 30 heavy (non-hydrogen) atoms. The number of halogens is 1. The normalized spacial score (nSPS) is 15.7. The summed E-state index contributed by atoms with van der Waals surface area (Å²) >= 11 is 0. The first-order valence-electron chi connectivity index (χ1n) is 9.42. The molecule has 1 aliphatic rings. The van der Waals surface area contributed by atoms with Crippen LogP contribution in [0.15, 0.2) is 54.7 Å². The quantitative estimate of drug-likeness (QED) is 0.741. The molecule has 2 aromatic carbocycles. The highest BCUT2D eigenvalue weighted by Crippen LogP contribution is 2.32. The van der Waals surface area contributed by atoms with E-state index < -0.39 is 29.8 Å². The Bertz CT molecular complexity index is 992. The third kappa shape index (κ3) is 4.83. The topological polar surface area (TPSA) is 87.7 Å². The maximum Gasteiger partial charge on any atom is 0.279 e. The predicted molar refractivity (Wildman–Crippen MR) is 108 cm³/mol. The molecule has 3 rings (SSSR count). The summed E-state index contributed by atoms with van der Waals surface area (Å²) < 4.78 is 18.9. The molecular weight excluding hydrogens is 389 g/mol. The van der Waals surface area contributed by atoms with Gasteiger partial charge in [0.15, 0.2) is 17.7 Å². The maximum absolute atomic E-state index is 13.6. The van der Waals surface area contributed by atoms with E-state index in [9.17, 15) is 18.8 Å². The zero-order chi connectivity index (χ0) is 21.7. The standard InChI is InChI=1S/C22H22FN3O4/c1-14(30-20-10-6-5-9-18(20)23)22(29)25-24-21(28)13-19-17-8-4-3-7-16(17)11-12-26(19)15(2)27/h3-12,14,19H,13H2,1-2H3,(H,24,28)(H,25,29)/t14-,19-/m0/s1. The lowest BCUT2D eigenvalue weighted by Crippen LogP contribution is -2.48. The minimum absolute atomic E-state index is 0.0518. The molecule has 0 radical (unpaired) electrons. The van der Waals surface area contributed by atoms with Crippen LogP contribution in [0.2, 0.25) is 0 Å². The zero-order valence-electron chi connectivity index (χ0n) is 16.6. The van der Waals surface area contributed by atoms with E-state index in [1.165, 1.54) is 36.9 Å². The van der Waals surface area contributed by atoms with Crippen LogP contribution in [0.1, 0.15) is 37.4 Å². The first-order valence-corrected chi connectivity index (χ1v) is 9.42. The fourth-order valence-corrected chi connectivity index (χ4v) is 3.16. The first kappa shape index (κ1) is 21.0. The van der Waals surface area contributed by atoms with Gasteiger partial charge in [0, 0.05) is 13.1 Å². The average molecular weight is 411 g/mol. The molecule has 0 fully saturated rings. The summed E-state index contributed by atoms with van der Waals surface area (Å²) in [6.07, 6.45) is 2.37. The number of hydrogen-bond donors (Lipinski definition) is 2. The molecule has 0 unspecified atom stereocenters. The van der Waals surface area contributed by atoms with E-state index in [2.05, 4.69) is 10.9 Å². The summed E-state index contributed by atoms with van der Waals surface area (Å²) in [6.45, 7) is 2.86. The predicted octanol–water partition coefficient (Wildman–Crippen LogP) is 2.70. The van der Waals surface area contributed by atoms with Crippen molar-refractivity contribution in [2.24, 2.45) is 0 Å². The van der Waals surface area contributed by atoms with Gasteiger partial charge in [-0.25, -0.2) is 4.39 Å². The molecule has 1 heterocycles. The van der Waals surface area contributed by atoms with E-state index in [0.717, 1.165) is 11.1 Å². The van der Waals surface area contributed by atoms with Crippen LogP contribution >= 0.6 is 0 Å². The summed E-state index contributed by atoms with van der Waals surface area (Å²) in [4.78, 5) is 38.1. The van der Waals surface area contributed by atoms with Crippen molar-refractivity contribution in [3.8, 4) is 5.75 Å². The van der Waals surface area contributed by atoms with Crippen LogP contribution in [0, 0.1) is 5.82 Å². The van der Waals surface area contributed by atoms with Gasteiger partial charge < -0.3 is 9.64 Å². The van der Waals surface area contributed by atoms with Crippen molar-refractivity contribution in [1.29, 1.82) is 0 Å². The average Bonchev–Trinajstić information content (AvgIpc) is 2.73. The molecule has 0 spiro atoms. The van der Waals surface area contributed by atoms with Crippen molar-refractivity contribution >= 4 is 23.8 Å². The minimum Gasteiger partial charge on any atom is -0.478 e. The van der Waals surface area contributed by atoms with Crippen molar-refractivity contribution in [3.05, 3.63) is 71.7 Å². The molecule has 0 saturated heterocycles. The molecule has 8 heteroatoms. The number of nitrogens with zero attached hydrogens (tertiary/aromatic N) is 1. The molecule has 2 atom stereocenters. The lowest BCUT2D eigenvalue weighted by atomic mass is 9.93. The van der Waals surface area contributed by atoms with E-state index >= 15 is 0 Å². The molecule has 0 aromatic heterocycles. The summed E-state index contributed by atoms with van der Waals surface area (Å²) in [7, 11) is 0. The Morgan fingerprint density at radius 1 is 1.10 bits per heavy atom. The van der Waals surface area contributed by atoms with Gasteiger partial charge in [0.1, 0.15) is 0 Å². The Morgan fingerprint density at radius 3 is 2.53 bits per heavy atom. The van der Waals surface area contributed by atoms with Crippen LogP contribution in [0.4, 0.5) is 4.39 Å². The summed E-state index contributed by atoms with van der Waals surface area (Å²) in [6, 6.07) is 12.7. The highest BCUT2D eigenvalue weighted by atomic mass is 19.1.